The van der Waals surface area contributed by atoms with Gasteiger partial charge in [0.1, 0.15) is 6.04 Å². The topological polar surface area (TPSA) is 89.3 Å². The van der Waals surface area contributed by atoms with Crippen LogP contribution in [0.5, 0.6) is 0 Å². The minimum atomic E-state index is -0.365. The lowest BCUT2D eigenvalue weighted by Gasteiger charge is -2.26. The number of hydrogen-bond donors (Lipinski definition) is 2. The average molecular weight is 344 g/mol. The van der Waals surface area contributed by atoms with Crippen molar-refractivity contribution in [2.45, 2.75) is 38.8 Å². The van der Waals surface area contributed by atoms with Gasteiger partial charge in [0.25, 0.3) is 0 Å². The highest BCUT2D eigenvalue weighted by atomic mass is 16.5. The van der Waals surface area contributed by atoms with Gasteiger partial charge >= 0.3 is 6.03 Å². The quantitative estimate of drug-likeness (QED) is 0.870. The number of rotatable bonds is 5. The van der Waals surface area contributed by atoms with Crippen LogP contribution in [0.15, 0.2) is 34.9 Å². The maximum absolute atomic E-state index is 12.4. The van der Waals surface area contributed by atoms with Gasteiger partial charge in [-0.15, -0.1) is 0 Å². The number of carbonyl (C=O) groups excluding carboxylic acids is 1. The zero-order valence-electron chi connectivity index (χ0n) is 14.8. The molecule has 2 amide bonds. The predicted molar refractivity (Wildman–Crippen MR) is 92.8 cm³/mol. The van der Waals surface area contributed by atoms with E-state index in [2.05, 4.69) is 20.8 Å². The van der Waals surface area contributed by atoms with Gasteiger partial charge in [-0.1, -0.05) is 49.3 Å². The molecule has 0 bridgehead atoms. The highest BCUT2D eigenvalue weighted by Crippen LogP contribution is 2.24. The maximum atomic E-state index is 12.4. The third-order valence-electron chi connectivity index (χ3n) is 4.33. The maximum Gasteiger partial charge on any atom is 0.315 e. The molecule has 7 heteroatoms. The second kappa shape index (κ2) is 7.23. The Labute approximate surface area is 147 Å². The number of ether oxygens (including phenoxy) is 1. The molecule has 1 fully saturated rings. The zero-order chi connectivity index (χ0) is 17.9. The molecule has 2 heterocycles. The summed E-state index contributed by atoms with van der Waals surface area (Å²) in [5.74, 6) is 1.01. The van der Waals surface area contributed by atoms with Crippen molar-refractivity contribution in [2.75, 3.05) is 13.2 Å². The molecule has 0 aliphatic carbocycles. The molecule has 1 aromatic heterocycles. The highest BCUT2D eigenvalue weighted by molar-refractivity contribution is 5.75. The largest absolute Gasteiger partial charge is 0.379 e. The van der Waals surface area contributed by atoms with E-state index in [0.717, 1.165) is 12.0 Å². The molecule has 3 rings (SSSR count). The van der Waals surface area contributed by atoms with Crippen LogP contribution >= 0.6 is 0 Å². The van der Waals surface area contributed by atoms with E-state index in [9.17, 15) is 4.79 Å². The first kappa shape index (κ1) is 17.4. The Kier molecular flexibility index (Phi) is 5.03. The lowest BCUT2D eigenvalue weighted by molar-refractivity contribution is 0.168. The van der Waals surface area contributed by atoms with Crippen LogP contribution < -0.4 is 10.6 Å². The molecule has 7 nitrogen and oxygen atoms in total. The lowest BCUT2D eigenvalue weighted by atomic mass is 10.0. The minimum absolute atomic E-state index is 0.0995. The first-order valence-electron chi connectivity index (χ1n) is 8.52. The molecule has 1 aromatic carbocycles. The molecule has 1 saturated heterocycles. The van der Waals surface area contributed by atoms with Crippen molar-refractivity contribution in [3.05, 3.63) is 36.2 Å². The molecule has 2 aromatic rings. The molecule has 134 valence electrons. The molecule has 2 N–H and O–H groups in total. The van der Waals surface area contributed by atoms with Gasteiger partial charge in [-0.2, -0.15) is 4.98 Å². The molecule has 0 unspecified atom stereocenters. The average Bonchev–Trinajstić information content (AvgIpc) is 3.22. The van der Waals surface area contributed by atoms with E-state index in [1.54, 1.807) is 0 Å². The second-order valence-corrected chi connectivity index (χ2v) is 7.01. The van der Waals surface area contributed by atoms with Crippen LogP contribution in [0.3, 0.4) is 0 Å². The number of carbonyl (C=O) groups is 1. The second-order valence-electron chi connectivity index (χ2n) is 7.01. The summed E-state index contributed by atoms with van der Waals surface area (Å²) in [6.45, 7) is 7.15. The van der Waals surface area contributed by atoms with Gasteiger partial charge in [0.15, 0.2) is 0 Å². The van der Waals surface area contributed by atoms with Crippen LogP contribution in [0, 0.1) is 5.92 Å². The zero-order valence-corrected chi connectivity index (χ0v) is 14.8. The van der Waals surface area contributed by atoms with E-state index < -0.39 is 0 Å². The van der Waals surface area contributed by atoms with Crippen molar-refractivity contribution in [3.63, 3.8) is 0 Å². The number of aromatic nitrogens is 2. The first-order valence-corrected chi connectivity index (χ1v) is 8.52. The molecule has 2 atom stereocenters. The number of nitrogens with zero attached hydrogens (tertiary/aromatic N) is 2. The summed E-state index contributed by atoms with van der Waals surface area (Å²) in [5, 5.41) is 9.97. The van der Waals surface area contributed by atoms with Crippen molar-refractivity contribution >= 4 is 6.03 Å². The lowest BCUT2D eigenvalue weighted by Crippen LogP contribution is -2.51. The summed E-state index contributed by atoms with van der Waals surface area (Å²) < 4.78 is 10.8. The summed E-state index contributed by atoms with van der Waals surface area (Å²) in [5.41, 5.74) is 0.537. The predicted octanol–water partition coefficient (Wildman–Crippen LogP) is 2.91. The molecule has 25 heavy (non-hydrogen) atoms. The summed E-state index contributed by atoms with van der Waals surface area (Å²) in [6.07, 6.45) is 0.797. The number of hydrogen-bond acceptors (Lipinski definition) is 5. The number of urea groups is 1. The fraction of sp³-hybridized carbons (Fsp3) is 0.500. The SMILES string of the molecule is CC(C)[C@H](NC(=O)N[C@]1(C)CCOC1)c1nc(-c2ccccc2)no1. The van der Waals surface area contributed by atoms with Crippen LogP contribution in [0.4, 0.5) is 4.79 Å². The molecule has 1 aliphatic heterocycles. The van der Waals surface area contributed by atoms with Crippen LogP contribution in [-0.4, -0.2) is 34.9 Å². The molecular weight excluding hydrogens is 320 g/mol. The van der Waals surface area contributed by atoms with Crippen molar-refractivity contribution < 1.29 is 14.1 Å². The standard InChI is InChI=1S/C18H24N4O3/c1-12(2)14(19-17(23)21-18(3)9-10-24-11-18)16-20-15(22-25-16)13-7-5-4-6-8-13/h4-8,12,14H,9-11H2,1-3H3,(H2,19,21,23)/t14-,18+/m0/s1. The molecule has 0 spiro atoms. The molecular formula is C18H24N4O3. The van der Waals surface area contributed by atoms with Gasteiger partial charge in [0.05, 0.1) is 12.1 Å². The van der Waals surface area contributed by atoms with Crippen molar-refractivity contribution in [1.82, 2.24) is 20.8 Å². The first-order chi connectivity index (χ1) is 12.0. The number of amides is 2. The third-order valence-corrected chi connectivity index (χ3v) is 4.33. The summed E-state index contributed by atoms with van der Waals surface area (Å²) in [7, 11) is 0. The third kappa shape index (κ3) is 4.17. The Morgan fingerprint density at radius 1 is 1.28 bits per heavy atom. The summed E-state index contributed by atoms with van der Waals surface area (Å²) in [4.78, 5) is 16.9. The van der Waals surface area contributed by atoms with Crippen molar-refractivity contribution in [3.8, 4) is 11.4 Å². The summed E-state index contributed by atoms with van der Waals surface area (Å²) in [6, 6.07) is 8.98. The van der Waals surface area contributed by atoms with Gasteiger partial charge in [0.2, 0.25) is 11.7 Å². The van der Waals surface area contributed by atoms with E-state index in [0.29, 0.717) is 24.9 Å². The Balaban J connectivity index is 1.71. The monoisotopic (exact) mass is 344 g/mol. The van der Waals surface area contributed by atoms with Crippen molar-refractivity contribution in [2.24, 2.45) is 5.92 Å². The Morgan fingerprint density at radius 3 is 2.68 bits per heavy atom. The molecule has 0 radical (unpaired) electrons. The smallest absolute Gasteiger partial charge is 0.315 e. The number of nitrogens with one attached hydrogen (secondary N) is 2. The molecule has 1 aliphatic rings. The van der Waals surface area contributed by atoms with E-state index in [1.165, 1.54) is 0 Å². The Hall–Kier alpha value is -2.41. The Morgan fingerprint density at radius 2 is 2.04 bits per heavy atom. The Bertz CT molecular complexity index is 708. The van der Waals surface area contributed by atoms with Crippen LogP contribution in [0.1, 0.15) is 39.1 Å². The van der Waals surface area contributed by atoms with Gasteiger partial charge in [0, 0.05) is 12.2 Å². The van der Waals surface area contributed by atoms with Gasteiger partial charge in [-0.25, -0.2) is 4.79 Å². The number of benzene rings is 1. The fourth-order valence-electron chi connectivity index (χ4n) is 2.80. The van der Waals surface area contributed by atoms with Gasteiger partial charge in [-0.05, 0) is 19.3 Å². The fourth-order valence-corrected chi connectivity index (χ4v) is 2.80. The van der Waals surface area contributed by atoms with E-state index >= 15 is 0 Å². The van der Waals surface area contributed by atoms with Gasteiger partial charge < -0.3 is 19.9 Å². The normalized spacial score (nSPS) is 21.3. The highest BCUT2D eigenvalue weighted by Gasteiger charge is 2.33. The van der Waals surface area contributed by atoms with E-state index in [-0.39, 0.29) is 23.5 Å². The van der Waals surface area contributed by atoms with Crippen LogP contribution in [0.2, 0.25) is 0 Å². The van der Waals surface area contributed by atoms with Crippen molar-refractivity contribution in [1.29, 1.82) is 0 Å². The minimum Gasteiger partial charge on any atom is -0.379 e. The van der Waals surface area contributed by atoms with Crippen LogP contribution in [0.25, 0.3) is 11.4 Å². The van der Waals surface area contributed by atoms with E-state index in [4.69, 9.17) is 9.26 Å². The van der Waals surface area contributed by atoms with Gasteiger partial charge in [-0.3, -0.25) is 0 Å². The van der Waals surface area contributed by atoms with E-state index in [1.807, 2.05) is 51.1 Å². The van der Waals surface area contributed by atoms with Crippen LogP contribution in [-0.2, 0) is 4.74 Å². The summed E-state index contributed by atoms with van der Waals surface area (Å²) >= 11 is 0. The molecule has 0 saturated carbocycles.